The van der Waals surface area contributed by atoms with E-state index < -0.39 is 0 Å². The molecule has 3 atom stereocenters. The van der Waals surface area contributed by atoms with Crippen LogP contribution in [0.3, 0.4) is 0 Å². The highest BCUT2D eigenvalue weighted by atomic mass is 16.7. The Morgan fingerprint density at radius 3 is 3.09 bits per heavy atom. The average molecular weight is 156 g/mol. The van der Waals surface area contributed by atoms with Gasteiger partial charge in [-0.2, -0.15) is 0 Å². The summed E-state index contributed by atoms with van der Waals surface area (Å²) in [4.78, 5) is 0. The van der Waals surface area contributed by atoms with E-state index in [1.807, 2.05) is 0 Å². The van der Waals surface area contributed by atoms with Crippen LogP contribution >= 0.6 is 0 Å². The van der Waals surface area contributed by atoms with Crippen LogP contribution in [0, 0.1) is 5.92 Å². The molecule has 0 aromatic carbocycles. The predicted molar refractivity (Wildman–Crippen MR) is 38.9 cm³/mol. The molecule has 0 spiro atoms. The summed E-state index contributed by atoms with van der Waals surface area (Å²) >= 11 is 0. The minimum absolute atomic E-state index is 0.145. The van der Waals surface area contributed by atoms with Crippen molar-refractivity contribution in [1.82, 2.24) is 0 Å². The molecule has 11 heavy (non-hydrogen) atoms. The van der Waals surface area contributed by atoms with Gasteiger partial charge in [-0.05, 0) is 5.57 Å². The number of hydrogen-bond donors (Lipinski definition) is 1. The third kappa shape index (κ3) is 1.09. The Kier molecular flexibility index (Phi) is 1.71. The van der Waals surface area contributed by atoms with Gasteiger partial charge in [0.2, 0.25) is 0 Å². The highest BCUT2D eigenvalue weighted by Crippen LogP contribution is 2.34. The number of aliphatic hydroxyl groups excluding tert-OH is 1. The molecule has 1 saturated heterocycles. The van der Waals surface area contributed by atoms with E-state index in [9.17, 15) is 5.11 Å². The maximum Gasteiger partial charge on any atom is 0.147 e. The predicted octanol–water partition coefficient (Wildman–Crippen LogP) is 0.296. The van der Waals surface area contributed by atoms with Crippen LogP contribution in [0.2, 0.25) is 0 Å². The van der Waals surface area contributed by atoms with Crippen molar-refractivity contribution in [3.05, 3.63) is 12.2 Å². The van der Waals surface area contributed by atoms with Crippen molar-refractivity contribution >= 4 is 0 Å². The normalized spacial score (nSPS) is 44.1. The number of hydrogen-bond acceptors (Lipinski definition) is 3. The highest BCUT2D eigenvalue weighted by Gasteiger charge is 2.39. The van der Waals surface area contributed by atoms with Gasteiger partial charge in [-0.15, -0.1) is 0 Å². The molecule has 1 N–H and O–H groups in total. The second-order valence-electron chi connectivity index (χ2n) is 3.13. The maximum absolute atomic E-state index is 9.39. The Morgan fingerprint density at radius 1 is 1.55 bits per heavy atom. The van der Waals surface area contributed by atoms with E-state index in [2.05, 4.69) is 6.58 Å². The van der Waals surface area contributed by atoms with E-state index in [1.165, 1.54) is 0 Å². The van der Waals surface area contributed by atoms with E-state index in [4.69, 9.17) is 9.47 Å². The fourth-order valence-corrected chi connectivity index (χ4v) is 1.73. The van der Waals surface area contributed by atoms with Gasteiger partial charge < -0.3 is 14.6 Å². The molecular formula is C8H12O3. The van der Waals surface area contributed by atoms with Crippen LogP contribution in [-0.4, -0.2) is 30.7 Å². The van der Waals surface area contributed by atoms with Crippen LogP contribution in [0.25, 0.3) is 0 Å². The molecule has 1 aliphatic heterocycles. The smallest absolute Gasteiger partial charge is 0.147 e. The first kappa shape index (κ1) is 7.28. The summed E-state index contributed by atoms with van der Waals surface area (Å²) < 4.78 is 10.4. The van der Waals surface area contributed by atoms with E-state index in [-0.39, 0.29) is 18.1 Å². The number of ether oxygens (including phenoxy) is 2. The molecule has 2 rings (SSSR count). The molecule has 0 radical (unpaired) electrons. The zero-order valence-corrected chi connectivity index (χ0v) is 6.32. The molecule has 1 saturated carbocycles. The van der Waals surface area contributed by atoms with Crippen LogP contribution in [0.1, 0.15) is 6.42 Å². The molecule has 0 bridgehead atoms. The number of fused-ring (bicyclic) bond motifs is 1. The van der Waals surface area contributed by atoms with E-state index >= 15 is 0 Å². The summed E-state index contributed by atoms with van der Waals surface area (Å²) in [5.41, 5.74) is 0.870. The van der Waals surface area contributed by atoms with E-state index in [0.29, 0.717) is 19.8 Å². The molecule has 1 aliphatic carbocycles. The monoisotopic (exact) mass is 156 g/mol. The first-order chi connectivity index (χ1) is 5.29. The molecule has 3 unspecified atom stereocenters. The van der Waals surface area contributed by atoms with Gasteiger partial charge in [0.25, 0.3) is 0 Å². The molecule has 2 aliphatic rings. The summed E-state index contributed by atoms with van der Waals surface area (Å²) in [6, 6.07) is 0. The van der Waals surface area contributed by atoms with Gasteiger partial charge in [-0.25, -0.2) is 0 Å². The lowest BCUT2D eigenvalue weighted by molar-refractivity contribution is -0.154. The first-order valence-electron chi connectivity index (χ1n) is 3.85. The van der Waals surface area contributed by atoms with Crippen molar-refractivity contribution in [1.29, 1.82) is 0 Å². The molecule has 0 aromatic rings. The van der Waals surface area contributed by atoms with Crippen molar-refractivity contribution in [3.8, 4) is 0 Å². The van der Waals surface area contributed by atoms with Gasteiger partial charge in [0, 0.05) is 12.3 Å². The van der Waals surface area contributed by atoms with Crippen LogP contribution in [0.5, 0.6) is 0 Å². The minimum Gasteiger partial charge on any atom is -0.389 e. The molecule has 1 heterocycles. The quantitative estimate of drug-likeness (QED) is 0.512. The Labute approximate surface area is 65.6 Å². The van der Waals surface area contributed by atoms with Crippen LogP contribution in [0.15, 0.2) is 12.2 Å². The maximum atomic E-state index is 9.39. The van der Waals surface area contributed by atoms with Crippen molar-refractivity contribution in [2.45, 2.75) is 18.6 Å². The Hall–Kier alpha value is -0.380. The first-order valence-corrected chi connectivity index (χ1v) is 3.85. The van der Waals surface area contributed by atoms with Gasteiger partial charge >= 0.3 is 0 Å². The zero-order chi connectivity index (χ0) is 7.84. The lowest BCUT2D eigenvalue weighted by atomic mass is 10.0. The largest absolute Gasteiger partial charge is 0.389 e. The van der Waals surface area contributed by atoms with Gasteiger partial charge in [-0.1, -0.05) is 6.58 Å². The number of aliphatic hydroxyl groups is 1. The van der Waals surface area contributed by atoms with E-state index in [0.717, 1.165) is 5.57 Å². The minimum atomic E-state index is -0.383. The molecule has 62 valence electrons. The standard InChI is InChI=1S/C8H12O3/c1-5-6-3-10-4-11-8(6)2-7(5)9/h6-9H,1-4H2. The zero-order valence-electron chi connectivity index (χ0n) is 6.32. The Morgan fingerprint density at radius 2 is 2.36 bits per heavy atom. The molecule has 0 amide bonds. The summed E-state index contributed by atoms with van der Waals surface area (Å²) in [7, 11) is 0. The van der Waals surface area contributed by atoms with E-state index in [1.54, 1.807) is 0 Å². The highest BCUT2D eigenvalue weighted by molar-refractivity contribution is 5.16. The van der Waals surface area contributed by atoms with Crippen molar-refractivity contribution in [2.75, 3.05) is 13.4 Å². The Balaban J connectivity index is 2.11. The van der Waals surface area contributed by atoms with Gasteiger partial charge in [0.05, 0.1) is 18.8 Å². The van der Waals surface area contributed by atoms with Crippen LogP contribution in [-0.2, 0) is 9.47 Å². The summed E-state index contributed by atoms with van der Waals surface area (Å²) in [5, 5.41) is 9.39. The van der Waals surface area contributed by atoms with Gasteiger partial charge in [0.1, 0.15) is 6.79 Å². The molecule has 3 nitrogen and oxygen atoms in total. The lowest BCUT2D eigenvalue weighted by Crippen LogP contribution is -2.30. The fraction of sp³-hybridized carbons (Fsp3) is 0.750. The SMILES string of the molecule is C=C1C(O)CC2OCOCC12. The lowest BCUT2D eigenvalue weighted by Gasteiger charge is -2.25. The number of rotatable bonds is 0. The van der Waals surface area contributed by atoms with Crippen molar-refractivity contribution < 1.29 is 14.6 Å². The van der Waals surface area contributed by atoms with Crippen LogP contribution < -0.4 is 0 Å². The van der Waals surface area contributed by atoms with Gasteiger partial charge in [-0.3, -0.25) is 0 Å². The molecular weight excluding hydrogens is 144 g/mol. The fourth-order valence-electron chi connectivity index (χ4n) is 1.73. The van der Waals surface area contributed by atoms with Gasteiger partial charge in [0.15, 0.2) is 0 Å². The average Bonchev–Trinajstić information content (AvgIpc) is 2.30. The topological polar surface area (TPSA) is 38.7 Å². The Bertz CT molecular complexity index is 178. The third-order valence-electron chi connectivity index (χ3n) is 2.47. The second-order valence-corrected chi connectivity index (χ2v) is 3.13. The summed E-state index contributed by atoms with van der Waals surface area (Å²) in [6.45, 7) is 4.83. The summed E-state index contributed by atoms with van der Waals surface area (Å²) in [6.07, 6.45) is 0.449. The van der Waals surface area contributed by atoms with Crippen LogP contribution in [0.4, 0.5) is 0 Å². The summed E-state index contributed by atoms with van der Waals surface area (Å²) in [5.74, 6) is 0.221. The molecule has 3 heteroatoms. The second kappa shape index (κ2) is 2.59. The van der Waals surface area contributed by atoms with Crippen molar-refractivity contribution in [2.24, 2.45) is 5.92 Å². The molecule has 2 fully saturated rings. The van der Waals surface area contributed by atoms with Crippen molar-refractivity contribution in [3.63, 3.8) is 0 Å². The third-order valence-corrected chi connectivity index (χ3v) is 2.47. The molecule has 0 aromatic heterocycles.